The summed E-state index contributed by atoms with van der Waals surface area (Å²) in [5.74, 6) is 0.696. The summed E-state index contributed by atoms with van der Waals surface area (Å²) in [6.07, 6.45) is 12.0. The molecule has 0 saturated carbocycles. The van der Waals surface area contributed by atoms with Gasteiger partial charge in [-0.2, -0.15) is 10.4 Å². The van der Waals surface area contributed by atoms with Crippen molar-refractivity contribution >= 4 is 23.4 Å². The third-order valence-electron chi connectivity index (χ3n) is 8.50. The number of unbranched alkanes of at least 4 members (excludes halogenated alkanes) is 1. The molecule has 1 unspecified atom stereocenters. The fourth-order valence-electron chi connectivity index (χ4n) is 6.26. The maximum Gasteiger partial charge on any atom is 0.238 e. The van der Waals surface area contributed by atoms with Crippen LogP contribution in [0.2, 0.25) is 0 Å². The van der Waals surface area contributed by atoms with E-state index in [0.29, 0.717) is 5.88 Å². The van der Waals surface area contributed by atoms with Gasteiger partial charge in [0.15, 0.2) is 0 Å². The number of hydrogen-bond acceptors (Lipinski definition) is 8. The third-order valence-corrected chi connectivity index (χ3v) is 8.50. The second kappa shape index (κ2) is 13.0. The first-order chi connectivity index (χ1) is 20.3. The largest absolute Gasteiger partial charge is 0.479 e. The number of methoxy groups -OCH3 is 1. The molecule has 0 aliphatic carbocycles. The van der Waals surface area contributed by atoms with Crippen LogP contribution in [-0.4, -0.2) is 60.9 Å². The van der Waals surface area contributed by atoms with Gasteiger partial charge in [0.25, 0.3) is 0 Å². The number of allylic oxidation sites excluding steroid dienone is 2. The van der Waals surface area contributed by atoms with Gasteiger partial charge >= 0.3 is 0 Å². The highest BCUT2D eigenvalue weighted by molar-refractivity contribution is 5.97. The molecule has 8 heteroatoms. The molecule has 222 valence electrons. The van der Waals surface area contributed by atoms with Gasteiger partial charge in [-0.05, 0) is 95.2 Å². The predicted octanol–water partition coefficient (Wildman–Crippen LogP) is 6.87. The van der Waals surface area contributed by atoms with Gasteiger partial charge in [-0.1, -0.05) is 19.4 Å². The van der Waals surface area contributed by atoms with Crippen LogP contribution in [0.1, 0.15) is 95.4 Å². The van der Waals surface area contributed by atoms with Crippen molar-refractivity contribution in [3.8, 4) is 11.9 Å². The number of anilines is 2. The van der Waals surface area contributed by atoms with E-state index in [1.54, 1.807) is 7.11 Å². The van der Waals surface area contributed by atoms with Gasteiger partial charge in [0, 0.05) is 43.5 Å². The van der Waals surface area contributed by atoms with Gasteiger partial charge in [-0.3, -0.25) is 10.0 Å². The van der Waals surface area contributed by atoms with Crippen molar-refractivity contribution in [1.29, 1.82) is 5.26 Å². The number of hydrogen-bond donors (Lipinski definition) is 0. The van der Waals surface area contributed by atoms with Crippen molar-refractivity contribution in [2.75, 3.05) is 43.1 Å². The van der Waals surface area contributed by atoms with E-state index in [2.05, 4.69) is 64.9 Å². The van der Waals surface area contributed by atoms with Crippen LogP contribution in [0.25, 0.3) is 0 Å². The number of aliphatic imine (C=N–C) groups is 1. The molecule has 0 spiro atoms. The molecule has 3 aliphatic rings. The quantitative estimate of drug-likeness (QED) is 0.324. The summed E-state index contributed by atoms with van der Waals surface area (Å²) in [5, 5.41) is 17.4. The van der Waals surface area contributed by atoms with E-state index in [0.717, 1.165) is 80.1 Å². The minimum atomic E-state index is -0.133. The molecule has 2 saturated heterocycles. The molecule has 8 nitrogen and oxygen atoms in total. The Balaban J connectivity index is 1.45. The van der Waals surface area contributed by atoms with Crippen LogP contribution in [0.4, 0.5) is 11.4 Å². The first-order valence-electron chi connectivity index (χ1n) is 15.5. The molecular formula is C34H45N7O. The van der Waals surface area contributed by atoms with Gasteiger partial charge in [0.2, 0.25) is 5.88 Å². The van der Waals surface area contributed by atoms with Crippen LogP contribution in [0.15, 0.2) is 52.2 Å². The SMILES string of the molecule is CCCC=C1C(c2cc(N3CCCCC3)ccc2C#N)CCCN1N=C(C)c1ccc(N2C=NC(C)(C)C2)c(OC)n1. The van der Waals surface area contributed by atoms with E-state index < -0.39 is 0 Å². The summed E-state index contributed by atoms with van der Waals surface area (Å²) < 4.78 is 5.71. The van der Waals surface area contributed by atoms with Crippen molar-refractivity contribution in [2.24, 2.45) is 10.1 Å². The molecule has 2 fully saturated rings. The number of rotatable bonds is 8. The number of benzene rings is 1. The lowest BCUT2D eigenvalue weighted by Crippen LogP contribution is -2.31. The normalized spacial score (nSPS) is 21.6. The predicted molar refractivity (Wildman–Crippen MR) is 172 cm³/mol. The molecule has 4 heterocycles. The summed E-state index contributed by atoms with van der Waals surface area (Å²) in [6.45, 7) is 12.2. The summed E-state index contributed by atoms with van der Waals surface area (Å²) >= 11 is 0. The number of ether oxygens (including phenoxy) is 1. The first kappa shape index (κ1) is 29.6. The molecule has 2 aromatic rings. The van der Waals surface area contributed by atoms with Crippen LogP contribution in [0, 0.1) is 11.3 Å². The second-order valence-electron chi connectivity index (χ2n) is 12.3. The van der Waals surface area contributed by atoms with Gasteiger partial charge < -0.3 is 14.5 Å². The number of hydrazone groups is 1. The fourth-order valence-corrected chi connectivity index (χ4v) is 6.26. The van der Waals surface area contributed by atoms with Gasteiger partial charge in [-0.25, -0.2) is 4.98 Å². The van der Waals surface area contributed by atoms with Crippen molar-refractivity contribution in [1.82, 2.24) is 9.99 Å². The van der Waals surface area contributed by atoms with E-state index in [1.807, 2.05) is 31.5 Å². The van der Waals surface area contributed by atoms with Crippen molar-refractivity contribution in [2.45, 2.75) is 84.1 Å². The molecule has 1 aromatic heterocycles. The van der Waals surface area contributed by atoms with Crippen LogP contribution in [0.3, 0.4) is 0 Å². The fraction of sp³-hybridized carbons (Fsp3) is 0.529. The molecule has 42 heavy (non-hydrogen) atoms. The van der Waals surface area contributed by atoms with Crippen molar-refractivity contribution < 1.29 is 4.74 Å². The highest BCUT2D eigenvalue weighted by Crippen LogP contribution is 2.40. The lowest BCUT2D eigenvalue weighted by Gasteiger charge is -2.36. The maximum atomic E-state index is 10.1. The second-order valence-corrected chi connectivity index (χ2v) is 12.3. The Bertz CT molecular complexity index is 1400. The molecule has 0 amide bonds. The van der Waals surface area contributed by atoms with Crippen LogP contribution in [-0.2, 0) is 0 Å². The van der Waals surface area contributed by atoms with E-state index >= 15 is 0 Å². The zero-order chi connectivity index (χ0) is 29.7. The van der Waals surface area contributed by atoms with Crippen LogP contribution >= 0.6 is 0 Å². The average molecular weight is 568 g/mol. The summed E-state index contributed by atoms with van der Waals surface area (Å²) in [6, 6.07) is 13.0. The minimum absolute atomic E-state index is 0.129. The molecule has 0 radical (unpaired) electrons. The van der Waals surface area contributed by atoms with Crippen LogP contribution in [0.5, 0.6) is 5.88 Å². The zero-order valence-electron chi connectivity index (χ0n) is 25.9. The topological polar surface area (TPSA) is 80.4 Å². The number of piperidine rings is 2. The third kappa shape index (κ3) is 6.46. The van der Waals surface area contributed by atoms with E-state index in [4.69, 9.17) is 14.8 Å². The Hall–Kier alpha value is -3.86. The zero-order valence-corrected chi connectivity index (χ0v) is 25.9. The van der Waals surface area contributed by atoms with Crippen LogP contribution < -0.4 is 14.5 Å². The Morgan fingerprint density at radius 2 is 1.95 bits per heavy atom. The molecule has 1 aromatic carbocycles. The Kier molecular flexibility index (Phi) is 9.15. The molecule has 1 atom stereocenters. The average Bonchev–Trinajstić information content (AvgIpc) is 3.39. The lowest BCUT2D eigenvalue weighted by molar-refractivity contribution is 0.281. The highest BCUT2D eigenvalue weighted by atomic mass is 16.5. The highest BCUT2D eigenvalue weighted by Gasteiger charge is 2.30. The summed E-state index contributed by atoms with van der Waals surface area (Å²) in [5.41, 5.74) is 6.70. The molecular weight excluding hydrogens is 522 g/mol. The Labute approximate surface area is 251 Å². The summed E-state index contributed by atoms with van der Waals surface area (Å²) in [7, 11) is 1.66. The minimum Gasteiger partial charge on any atom is -0.479 e. The van der Waals surface area contributed by atoms with Gasteiger partial charge in [0.1, 0.15) is 5.69 Å². The Morgan fingerprint density at radius 1 is 1.14 bits per heavy atom. The maximum absolute atomic E-state index is 10.1. The standard InChI is InChI=1S/C34H45N7O/c1-6-7-13-31-28(29-21-27(15-14-26(29)22-35)39-18-9-8-10-19-39)12-11-20-41(31)38-25(2)30-16-17-32(33(37-30)42-5)40-23-34(3,4)36-24-40/h13-17,21,24,28H,6-12,18-20,23H2,1-5H3. The Morgan fingerprint density at radius 3 is 2.64 bits per heavy atom. The molecule has 0 bridgehead atoms. The van der Waals surface area contributed by atoms with Gasteiger partial charge in [0.05, 0.1) is 42.0 Å². The van der Waals surface area contributed by atoms with Gasteiger partial charge in [-0.15, -0.1) is 0 Å². The molecule has 3 aliphatic heterocycles. The van der Waals surface area contributed by atoms with Crippen molar-refractivity contribution in [3.05, 3.63) is 58.9 Å². The number of aromatic nitrogens is 1. The number of nitrogens with zero attached hydrogens (tertiary/aromatic N) is 7. The van der Waals surface area contributed by atoms with E-state index in [1.165, 1.54) is 30.6 Å². The molecule has 0 N–H and O–H groups in total. The first-order valence-corrected chi connectivity index (χ1v) is 15.5. The van der Waals surface area contributed by atoms with Crippen molar-refractivity contribution in [3.63, 3.8) is 0 Å². The smallest absolute Gasteiger partial charge is 0.238 e. The molecule has 5 rings (SSSR count). The monoisotopic (exact) mass is 567 g/mol. The number of nitriles is 1. The lowest BCUT2D eigenvalue weighted by atomic mass is 9.84. The summed E-state index contributed by atoms with van der Waals surface area (Å²) in [4.78, 5) is 14.0. The van der Waals surface area contributed by atoms with E-state index in [-0.39, 0.29) is 11.5 Å². The van der Waals surface area contributed by atoms with E-state index in [9.17, 15) is 5.26 Å². The number of pyridine rings is 1.